The zero-order valence-corrected chi connectivity index (χ0v) is 9.16. The number of carboxylic acids is 2. The SMILES string of the molecule is Nc1ccc(C(=O)NC(CC(=O)O)C(=O)O)nc1. The van der Waals surface area contributed by atoms with E-state index in [1.807, 2.05) is 0 Å². The van der Waals surface area contributed by atoms with Crippen molar-refractivity contribution in [2.75, 3.05) is 5.73 Å². The van der Waals surface area contributed by atoms with E-state index in [1.54, 1.807) is 0 Å². The second kappa shape index (κ2) is 5.62. The van der Waals surface area contributed by atoms with Crippen LogP contribution in [0.4, 0.5) is 5.69 Å². The van der Waals surface area contributed by atoms with Crippen molar-refractivity contribution in [3.05, 3.63) is 24.0 Å². The minimum absolute atomic E-state index is 0.0409. The highest BCUT2D eigenvalue weighted by molar-refractivity contribution is 5.95. The second-order valence-electron chi connectivity index (χ2n) is 3.44. The highest BCUT2D eigenvalue weighted by atomic mass is 16.4. The molecule has 5 N–H and O–H groups in total. The number of carbonyl (C=O) groups is 3. The van der Waals surface area contributed by atoms with Gasteiger partial charge in [0, 0.05) is 0 Å². The molecule has 1 unspecified atom stereocenters. The minimum atomic E-state index is -1.51. The number of amides is 1. The molecule has 1 aromatic rings. The molecular formula is C10H11N3O5. The summed E-state index contributed by atoms with van der Waals surface area (Å²) < 4.78 is 0. The standard InChI is InChI=1S/C10H11N3O5/c11-5-1-2-6(12-4-5)9(16)13-7(10(17)18)3-8(14)15/h1-2,4,7H,3,11H2,(H,13,16)(H,14,15)(H,17,18). The number of nitrogens with two attached hydrogens (primary N) is 1. The van der Waals surface area contributed by atoms with Crippen molar-refractivity contribution in [1.82, 2.24) is 10.3 Å². The second-order valence-corrected chi connectivity index (χ2v) is 3.44. The molecule has 0 bridgehead atoms. The number of hydrogen-bond donors (Lipinski definition) is 4. The number of hydrogen-bond acceptors (Lipinski definition) is 5. The van der Waals surface area contributed by atoms with E-state index >= 15 is 0 Å². The van der Waals surface area contributed by atoms with E-state index in [0.717, 1.165) is 0 Å². The molecule has 0 fully saturated rings. The van der Waals surface area contributed by atoms with Crippen LogP contribution in [0.1, 0.15) is 16.9 Å². The van der Waals surface area contributed by atoms with Crippen LogP contribution < -0.4 is 11.1 Å². The van der Waals surface area contributed by atoms with Crippen molar-refractivity contribution in [2.45, 2.75) is 12.5 Å². The van der Waals surface area contributed by atoms with Crippen LogP contribution in [-0.4, -0.2) is 39.1 Å². The lowest BCUT2D eigenvalue weighted by atomic mass is 10.2. The van der Waals surface area contributed by atoms with Gasteiger partial charge in [-0.15, -0.1) is 0 Å². The van der Waals surface area contributed by atoms with Gasteiger partial charge in [0.2, 0.25) is 0 Å². The van der Waals surface area contributed by atoms with E-state index in [0.29, 0.717) is 5.69 Å². The Labute approximate surface area is 101 Å². The predicted octanol–water partition coefficient (Wildman–Crippen LogP) is -0.678. The number of anilines is 1. The molecule has 1 atom stereocenters. The van der Waals surface area contributed by atoms with Crippen LogP contribution in [0.5, 0.6) is 0 Å². The van der Waals surface area contributed by atoms with Crippen LogP contribution in [0.15, 0.2) is 18.3 Å². The third-order valence-electron chi connectivity index (χ3n) is 2.00. The van der Waals surface area contributed by atoms with E-state index in [-0.39, 0.29) is 5.69 Å². The number of rotatable bonds is 5. The Balaban J connectivity index is 2.75. The lowest BCUT2D eigenvalue weighted by Gasteiger charge is -2.11. The first-order valence-corrected chi connectivity index (χ1v) is 4.87. The van der Waals surface area contributed by atoms with Crippen LogP contribution in [0.25, 0.3) is 0 Å². The largest absolute Gasteiger partial charge is 0.481 e. The molecule has 0 saturated heterocycles. The molecule has 96 valence electrons. The number of aromatic nitrogens is 1. The van der Waals surface area contributed by atoms with Gasteiger partial charge in [-0.25, -0.2) is 9.78 Å². The molecule has 0 aromatic carbocycles. The first kappa shape index (κ1) is 13.4. The quantitative estimate of drug-likeness (QED) is 0.544. The fraction of sp³-hybridized carbons (Fsp3) is 0.200. The van der Waals surface area contributed by atoms with Gasteiger partial charge in [-0.1, -0.05) is 0 Å². The minimum Gasteiger partial charge on any atom is -0.481 e. The number of carboxylic acid groups (broad SMARTS) is 2. The molecular weight excluding hydrogens is 242 g/mol. The number of pyridine rings is 1. The maximum absolute atomic E-state index is 11.6. The van der Waals surface area contributed by atoms with E-state index < -0.39 is 30.3 Å². The summed E-state index contributed by atoms with van der Waals surface area (Å²) >= 11 is 0. The van der Waals surface area contributed by atoms with Crippen molar-refractivity contribution < 1.29 is 24.6 Å². The number of aliphatic carboxylic acids is 2. The molecule has 0 aliphatic heterocycles. The van der Waals surface area contributed by atoms with E-state index in [4.69, 9.17) is 15.9 Å². The number of carbonyl (C=O) groups excluding carboxylic acids is 1. The van der Waals surface area contributed by atoms with Crippen molar-refractivity contribution in [1.29, 1.82) is 0 Å². The predicted molar refractivity (Wildman–Crippen MR) is 59.8 cm³/mol. The van der Waals surface area contributed by atoms with Crippen molar-refractivity contribution in [3.63, 3.8) is 0 Å². The van der Waals surface area contributed by atoms with Gasteiger partial charge in [0.25, 0.3) is 5.91 Å². The van der Waals surface area contributed by atoms with Gasteiger partial charge in [-0.05, 0) is 12.1 Å². The summed E-state index contributed by atoms with van der Waals surface area (Å²) in [6.07, 6.45) is 0.526. The average Bonchev–Trinajstić information content (AvgIpc) is 2.28. The zero-order valence-electron chi connectivity index (χ0n) is 9.16. The lowest BCUT2D eigenvalue weighted by Crippen LogP contribution is -2.42. The van der Waals surface area contributed by atoms with Crippen molar-refractivity contribution in [3.8, 4) is 0 Å². The fourth-order valence-electron chi connectivity index (χ4n) is 1.15. The molecule has 0 spiro atoms. The smallest absolute Gasteiger partial charge is 0.326 e. The first-order chi connectivity index (χ1) is 8.40. The van der Waals surface area contributed by atoms with E-state index in [1.165, 1.54) is 18.3 Å². The molecule has 0 radical (unpaired) electrons. The van der Waals surface area contributed by atoms with Crippen LogP contribution in [-0.2, 0) is 9.59 Å². The van der Waals surface area contributed by atoms with Crippen LogP contribution >= 0.6 is 0 Å². The fourth-order valence-corrected chi connectivity index (χ4v) is 1.15. The van der Waals surface area contributed by atoms with Crippen LogP contribution in [0, 0.1) is 0 Å². The summed E-state index contributed by atoms with van der Waals surface area (Å²) in [5, 5.41) is 19.3. The summed E-state index contributed by atoms with van der Waals surface area (Å²) in [6, 6.07) is 1.23. The van der Waals surface area contributed by atoms with Gasteiger partial charge >= 0.3 is 11.9 Å². The molecule has 1 heterocycles. The highest BCUT2D eigenvalue weighted by Gasteiger charge is 2.23. The molecule has 1 amide bonds. The topological polar surface area (TPSA) is 143 Å². The molecule has 8 nitrogen and oxygen atoms in total. The normalized spacial score (nSPS) is 11.6. The number of nitrogens with zero attached hydrogens (tertiary/aromatic N) is 1. The Morgan fingerprint density at radius 3 is 2.44 bits per heavy atom. The summed E-state index contributed by atoms with van der Waals surface area (Å²) in [5.41, 5.74) is 5.69. The maximum Gasteiger partial charge on any atom is 0.326 e. The molecule has 1 aromatic heterocycles. The Hall–Kier alpha value is -2.64. The van der Waals surface area contributed by atoms with Gasteiger partial charge in [0.15, 0.2) is 0 Å². The Kier molecular flexibility index (Phi) is 4.19. The van der Waals surface area contributed by atoms with Crippen LogP contribution in [0.3, 0.4) is 0 Å². The Morgan fingerprint density at radius 2 is 2.00 bits per heavy atom. The number of nitrogen functional groups attached to an aromatic ring is 1. The molecule has 0 aliphatic rings. The Bertz CT molecular complexity index is 471. The third-order valence-corrected chi connectivity index (χ3v) is 2.00. The zero-order chi connectivity index (χ0) is 13.7. The van der Waals surface area contributed by atoms with Crippen molar-refractivity contribution >= 4 is 23.5 Å². The number of nitrogens with one attached hydrogen (secondary N) is 1. The highest BCUT2D eigenvalue weighted by Crippen LogP contribution is 2.02. The van der Waals surface area contributed by atoms with Gasteiger partial charge in [-0.2, -0.15) is 0 Å². The molecule has 0 saturated carbocycles. The van der Waals surface area contributed by atoms with Gasteiger partial charge in [-0.3, -0.25) is 9.59 Å². The van der Waals surface area contributed by atoms with Gasteiger partial charge < -0.3 is 21.3 Å². The maximum atomic E-state index is 11.6. The van der Waals surface area contributed by atoms with Gasteiger partial charge in [0.05, 0.1) is 18.3 Å². The molecule has 1 rings (SSSR count). The lowest BCUT2D eigenvalue weighted by molar-refractivity contribution is -0.145. The van der Waals surface area contributed by atoms with E-state index in [9.17, 15) is 14.4 Å². The monoisotopic (exact) mass is 253 g/mol. The summed E-state index contributed by atoms with van der Waals surface area (Å²) in [4.78, 5) is 36.4. The van der Waals surface area contributed by atoms with Crippen LogP contribution in [0.2, 0.25) is 0 Å². The third kappa shape index (κ3) is 3.74. The average molecular weight is 253 g/mol. The summed E-state index contributed by atoms with van der Waals surface area (Å²) in [5.74, 6) is -3.53. The summed E-state index contributed by atoms with van der Waals surface area (Å²) in [7, 11) is 0. The summed E-state index contributed by atoms with van der Waals surface area (Å²) in [6.45, 7) is 0. The first-order valence-electron chi connectivity index (χ1n) is 4.87. The molecule has 0 aliphatic carbocycles. The molecule has 18 heavy (non-hydrogen) atoms. The Morgan fingerprint density at radius 1 is 1.33 bits per heavy atom. The molecule has 8 heteroatoms. The van der Waals surface area contributed by atoms with Gasteiger partial charge in [0.1, 0.15) is 11.7 Å². The van der Waals surface area contributed by atoms with Crippen molar-refractivity contribution in [2.24, 2.45) is 0 Å². The van der Waals surface area contributed by atoms with E-state index in [2.05, 4.69) is 10.3 Å².